The Morgan fingerprint density at radius 2 is 1.77 bits per heavy atom. The van der Waals surface area contributed by atoms with Gasteiger partial charge in [0.2, 0.25) is 5.91 Å². The van der Waals surface area contributed by atoms with Gasteiger partial charge in [0.1, 0.15) is 0 Å². The molecule has 1 amide bonds. The average Bonchev–Trinajstić information content (AvgIpc) is 3.18. The second-order valence-electron chi connectivity index (χ2n) is 9.26. The quantitative estimate of drug-likeness (QED) is 0.436. The molecule has 0 fully saturated rings. The molecule has 4 rings (SSSR count). The molecular weight excluding hydrogens is 482 g/mol. The molecule has 0 saturated heterocycles. The minimum absolute atomic E-state index is 0.0486. The Morgan fingerprint density at radius 3 is 2.40 bits per heavy atom. The third-order valence-electron chi connectivity index (χ3n) is 6.29. The zero-order valence-corrected chi connectivity index (χ0v) is 21.7. The van der Waals surface area contributed by atoms with E-state index in [1.165, 1.54) is 5.56 Å². The van der Waals surface area contributed by atoms with Gasteiger partial charge in [-0.25, -0.2) is 8.42 Å². The van der Waals surface area contributed by atoms with Gasteiger partial charge in [-0.1, -0.05) is 56.6 Å². The number of nitrogens with zero attached hydrogens (tertiary/aromatic N) is 2. The minimum Gasteiger partial charge on any atom is -0.324 e. The number of pyridine rings is 1. The van der Waals surface area contributed by atoms with E-state index >= 15 is 0 Å². The molecule has 0 bridgehead atoms. The summed E-state index contributed by atoms with van der Waals surface area (Å²) in [7, 11) is -3.25. The van der Waals surface area contributed by atoms with Crippen LogP contribution in [0.3, 0.4) is 0 Å². The van der Waals surface area contributed by atoms with Crippen molar-refractivity contribution in [3.63, 3.8) is 0 Å². The molecule has 3 aromatic rings. The maximum absolute atomic E-state index is 12.6. The van der Waals surface area contributed by atoms with Crippen molar-refractivity contribution < 1.29 is 13.2 Å². The van der Waals surface area contributed by atoms with Crippen LogP contribution in [0.2, 0.25) is 5.02 Å². The van der Waals surface area contributed by atoms with E-state index in [-0.39, 0.29) is 29.0 Å². The standard InChI is InChI=1S/C27H30ClN3O3S/c1-4-35(33,34)24-11-7-19(8-12-24)13-25(32)30-23-14-21-17-31(16-20-5-9-22(28)10-6-20)27(18(2)3)26(21)29-15-23/h5-12,14-15,18,27H,4,13,16-17H2,1-3H3,(H,30,32). The second kappa shape index (κ2) is 10.5. The van der Waals surface area contributed by atoms with Gasteiger partial charge in [0.25, 0.3) is 0 Å². The molecule has 0 radical (unpaired) electrons. The summed E-state index contributed by atoms with van der Waals surface area (Å²) in [5.74, 6) is 0.262. The fraction of sp³-hybridized carbons (Fsp3) is 0.333. The molecule has 1 unspecified atom stereocenters. The van der Waals surface area contributed by atoms with Crippen LogP contribution >= 0.6 is 11.6 Å². The molecule has 0 spiro atoms. The predicted molar refractivity (Wildman–Crippen MR) is 139 cm³/mol. The van der Waals surface area contributed by atoms with Gasteiger partial charge in [-0.05, 0) is 52.9 Å². The number of carbonyl (C=O) groups is 1. The van der Waals surface area contributed by atoms with Crippen LogP contribution in [0.25, 0.3) is 0 Å². The van der Waals surface area contributed by atoms with E-state index in [0.717, 1.165) is 34.9 Å². The normalized spacial score (nSPS) is 15.9. The summed E-state index contributed by atoms with van der Waals surface area (Å²) >= 11 is 6.04. The molecule has 2 heterocycles. The van der Waals surface area contributed by atoms with E-state index in [1.807, 2.05) is 30.3 Å². The number of hydrogen-bond acceptors (Lipinski definition) is 5. The number of anilines is 1. The molecule has 1 N–H and O–H groups in total. The van der Waals surface area contributed by atoms with E-state index in [1.54, 1.807) is 37.4 Å². The van der Waals surface area contributed by atoms with Gasteiger partial charge in [0.15, 0.2) is 9.84 Å². The molecule has 0 saturated carbocycles. The molecule has 0 aliphatic carbocycles. The minimum atomic E-state index is -3.25. The van der Waals surface area contributed by atoms with Crippen molar-refractivity contribution in [2.24, 2.45) is 5.92 Å². The van der Waals surface area contributed by atoms with E-state index in [0.29, 0.717) is 11.6 Å². The van der Waals surface area contributed by atoms with Crippen molar-refractivity contribution in [1.29, 1.82) is 0 Å². The summed E-state index contributed by atoms with van der Waals surface area (Å²) < 4.78 is 24.0. The first-order valence-corrected chi connectivity index (χ1v) is 13.8. The Hall–Kier alpha value is -2.74. The highest BCUT2D eigenvalue weighted by Crippen LogP contribution is 2.39. The average molecular weight is 512 g/mol. The number of carbonyl (C=O) groups excluding carboxylic acids is 1. The number of amides is 1. The Labute approximate surface area is 212 Å². The highest BCUT2D eigenvalue weighted by atomic mass is 35.5. The van der Waals surface area contributed by atoms with Crippen LogP contribution in [0.5, 0.6) is 0 Å². The van der Waals surface area contributed by atoms with Gasteiger partial charge in [-0.15, -0.1) is 0 Å². The largest absolute Gasteiger partial charge is 0.324 e. The molecule has 6 nitrogen and oxygen atoms in total. The number of nitrogens with one attached hydrogen (secondary N) is 1. The maximum atomic E-state index is 12.6. The van der Waals surface area contributed by atoms with Crippen molar-refractivity contribution in [3.8, 4) is 0 Å². The number of halogens is 1. The molecule has 1 aliphatic heterocycles. The lowest BCUT2D eigenvalue weighted by Crippen LogP contribution is -2.25. The first-order valence-electron chi connectivity index (χ1n) is 11.7. The van der Waals surface area contributed by atoms with Crippen LogP contribution in [-0.4, -0.2) is 30.0 Å². The third kappa shape index (κ3) is 5.92. The summed E-state index contributed by atoms with van der Waals surface area (Å²) in [5, 5.41) is 3.66. The molecule has 184 valence electrons. The summed E-state index contributed by atoms with van der Waals surface area (Å²) in [6, 6.07) is 16.6. The van der Waals surface area contributed by atoms with E-state index in [9.17, 15) is 13.2 Å². The SMILES string of the molecule is CCS(=O)(=O)c1ccc(CC(=O)Nc2cnc3c(c2)CN(Cc2ccc(Cl)cc2)C3C(C)C)cc1. The summed E-state index contributed by atoms with van der Waals surface area (Å²) in [6.07, 6.45) is 1.87. The number of hydrogen-bond donors (Lipinski definition) is 1. The summed E-state index contributed by atoms with van der Waals surface area (Å²) in [4.78, 5) is 20.1. The van der Waals surface area contributed by atoms with Crippen molar-refractivity contribution >= 4 is 33.0 Å². The zero-order valence-electron chi connectivity index (χ0n) is 20.2. The van der Waals surface area contributed by atoms with E-state index in [2.05, 4.69) is 24.1 Å². The maximum Gasteiger partial charge on any atom is 0.228 e. The number of sulfone groups is 1. The molecular formula is C27H30ClN3O3S. The van der Waals surface area contributed by atoms with Crippen LogP contribution in [-0.2, 0) is 34.1 Å². The van der Waals surface area contributed by atoms with Crippen molar-refractivity contribution in [3.05, 3.63) is 88.2 Å². The zero-order chi connectivity index (χ0) is 25.2. The smallest absolute Gasteiger partial charge is 0.228 e. The topological polar surface area (TPSA) is 79.4 Å². The Balaban J connectivity index is 1.44. The number of benzene rings is 2. The van der Waals surface area contributed by atoms with Crippen LogP contribution in [0.15, 0.2) is 65.7 Å². The lowest BCUT2D eigenvalue weighted by atomic mass is 9.99. The lowest BCUT2D eigenvalue weighted by molar-refractivity contribution is -0.115. The van der Waals surface area contributed by atoms with Gasteiger partial charge in [-0.3, -0.25) is 14.7 Å². The van der Waals surface area contributed by atoms with Gasteiger partial charge < -0.3 is 5.32 Å². The fourth-order valence-corrected chi connectivity index (χ4v) is 5.57. The van der Waals surface area contributed by atoms with E-state index in [4.69, 9.17) is 16.6 Å². The van der Waals surface area contributed by atoms with Crippen molar-refractivity contribution in [1.82, 2.24) is 9.88 Å². The molecule has 2 aromatic carbocycles. The second-order valence-corrected chi connectivity index (χ2v) is 12.0. The molecule has 1 aliphatic rings. The van der Waals surface area contributed by atoms with Crippen LogP contribution in [0, 0.1) is 5.92 Å². The summed E-state index contributed by atoms with van der Waals surface area (Å²) in [6.45, 7) is 7.56. The Bertz CT molecular complexity index is 1310. The highest BCUT2D eigenvalue weighted by Gasteiger charge is 2.34. The van der Waals surface area contributed by atoms with Gasteiger partial charge in [0.05, 0.1) is 40.7 Å². The monoisotopic (exact) mass is 511 g/mol. The van der Waals surface area contributed by atoms with Gasteiger partial charge in [0, 0.05) is 18.1 Å². The molecule has 1 aromatic heterocycles. The molecule has 35 heavy (non-hydrogen) atoms. The number of fused-ring (bicyclic) bond motifs is 1. The van der Waals surface area contributed by atoms with Gasteiger partial charge in [-0.2, -0.15) is 0 Å². The number of aromatic nitrogens is 1. The number of rotatable bonds is 8. The lowest BCUT2D eigenvalue weighted by Gasteiger charge is -2.27. The molecule has 1 atom stereocenters. The third-order valence-corrected chi connectivity index (χ3v) is 8.29. The Kier molecular flexibility index (Phi) is 7.59. The Morgan fingerprint density at radius 1 is 1.11 bits per heavy atom. The van der Waals surface area contributed by atoms with Crippen molar-refractivity contribution in [2.75, 3.05) is 11.1 Å². The van der Waals surface area contributed by atoms with E-state index < -0.39 is 9.84 Å². The first kappa shape index (κ1) is 25.4. The van der Waals surface area contributed by atoms with Crippen LogP contribution in [0.1, 0.15) is 49.2 Å². The first-order chi connectivity index (χ1) is 16.7. The van der Waals surface area contributed by atoms with Crippen LogP contribution in [0.4, 0.5) is 5.69 Å². The predicted octanol–water partition coefficient (Wildman–Crippen LogP) is 5.42. The molecule has 8 heteroatoms. The highest BCUT2D eigenvalue weighted by molar-refractivity contribution is 7.91. The van der Waals surface area contributed by atoms with Crippen LogP contribution < -0.4 is 5.32 Å². The fourth-order valence-electron chi connectivity index (χ4n) is 4.56. The van der Waals surface area contributed by atoms with Crippen molar-refractivity contribution in [2.45, 2.75) is 51.2 Å². The van der Waals surface area contributed by atoms with Gasteiger partial charge >= 0.3 is 0 Å². The summed E-state index contributed by atoms with van der Waals surface area (Å²) in [5.41, 5.74) is 4.78.